The molecule has 36 heavy (non-hydrogen) atoms. The summed E-state index contributed by atoms with van der Waals surface area (Å²) in [5.41, 5.74) is 4.52. The van der Waals surface area contributed by atoms with E-state index in [1.54, 1.807) is 21.3 Å². The van der Waals surface area contributed by atoms with Crippen LogP contribution in [0, 0.1) is 18.3 Å². The van der Waals surface area contributed by atoms with E-state index < -0.39 is 10.0 Å². The van der Waals surface area contributed by atoms with Crippen molar-refractivity contribution in [3.05, 3.63) is 102 Å². The standard InChI is InChI=1S/C30H32N2O3S/c1-22-14-16-26(17-15-22)36(34,35)31-20-28-23(2)27(18-19-30(28,3)21-31)29(33)32(24-10-6-4-7-11-24)25-12-8-5-9-13-25/h4-17,27H,18-21H2,1-3H3/t27-,30-/m0/s1. The van der Waals surface area contributed by atoms with Crippen molar-refractivity contribution < 1.29 is 13.2 Å². The molecule has 5 nitrogen and oxygen atoms in total. The van der Waals surface area contributed by atoms with Crippen molar-refractivity contribution in [3.63, 3.8) is 0 Å². The first-order valence-corrected chi connectivity index (χ1v) is 13.9. The van der Waals surface area contributed by atoms with Gasteiger partial charge in [0.25, 0.3) is 0 Å². The lowest BCUT2D eigenvalue weighted by Gasteiger charge is -2.37. The predicted octanol–water partition coefficient (Wildman–Crippen LogP) is 6.10. The molecule has 1 amide bonds. The molecular weight excluding hydrogens is 468 g/mol. The third-order valence-corrected chi connectivity index (χ3v) is 9.58. The van der Waals surface area contributed by atoms with Crippen molar-refractivity contribution >= 4 is 27.3 Å². The van der Waals surface area contributed by atoms with Crippen molar-refractivity contribution in [2.45, 2.75) is 38.5 Å². The number of aryl methyl sites for hydroxylation is 1. The molecule has 2 aliphatic rings. The molecule has 0 unspecified atom stereocenters. The molecule has 1 fully saturated rings. The molecule has 0 bridgehead atoms. The van der Waals surface area contributed by atoms with E-state index in [1.807, 2.05) is 86.6 Å². The van der Waals surface area contributed by atoms with Gasteiger partial charge >= 0.3 is 0 Å². The highest BCUT2D eigenvalue weighted by Crippen LogP contribution is 2.49. The second-order valence-electron chi connectivity index (χ2n) is 10.2. The molecule has 0 N–H and O–H groups in total. The van der Waals surface area contributed by atoms with Crippen molar-refractivity contribution in [3.8, 4) is 0 Å². The van der Waals surface area contributed by atoms with Crippen LogP contribution in [-0.2, 0) is 14.8 Å². The van der Waals surface area contributed by atoms with Crippen molar-refractivity contribution in [1.29, 1.82) is 0 Å². The molecular formula is C30H32N2O3S. The number of fused-ring (bicyclic) bond motifs is 1. The van der Waals surface area contributed by atoms with Crippen LogP contribution in [0.5, 0.6) is 0 Å². The average Bonchev–Trinajstić information content (AvgIpc) is 3.25. The number of hydrogen-bond donors (Lipinski definition) is 0. The first-order chi connectivity index (χ1) is 17.2. The zero-order valence-electron chi connectivity index (χ0n) is 21.0. The Hall–Kier alpha value is -3.22. The lowest BCUT2D eigenvalue weighted by atomic mass is 9.69. The van der Waals surface area contributed by atoms with Gasteiger partial charge in [-0.15, -0.1) is 0 Å². The van der Waals surface area contributed by atoms with Crippen LogP contribution in [0.2, 0.25) is 0 Å². The molecule has 186 valence electrons. The van der Waals surface area contributed by atoms with Crippen LogP contribution in [0.1, 0.15) is 32.3 Å². The Balaban J connectivity index is 1.49. The molecule has 6 heteroatoms. The van der Waals surface area contributed by atoms with Crippen LogP contribution >= 0.6 is 0 Å². The number of para-hydroxylation sites is 2. The minimum atomic E-state index is -3.61. The van der Waals surface area contributed by atoms with Gasteiger partial charge < -0.3 is 0 Å². The highest BCUT2D eigenvalue weighted by molar-refractivity contribution is 7.89. The summed E-state index contributed by atoms with van der Waals surface area (Å²) in [4.78, 5) is 16.2. The van der Waals surface area contributed by atoms with E-state index in [0.717, 1.165) is 34.5 Å². The average molecular weight is 501 g/mol. The molecule has 3 aromatic carbocycles. The van der Waals surface area contributed by atoms with Gasteiger partial charge in [-0.1, -0.05) is 66.6 Å². The zero-order valence-corrected chi connectivity index (χ0v) is 21.8. The van der Waals surface area contributed by atoms with Crippen LogP contribution in [-0.4, -0.2) is 31.7 Å². The first kappa shape index (κ1) is 24.5. The van der Waals surface area contributed by atoms with Gasteiger partial charge in [-0.3, -0.25) is 9.69 Å². The highest BCUT2D eigenvalue weighted by atomic mass is 32.2. The molecule has 5 rings (SSSR count). The lowest BCUT2D eigenvalue weighted by molar-refractivity contribution is -0.121. The fourth-order valence-corrected chi connectivity index (χ4v) is 7.21. The fraction of sp³-hybridized carbons (Fsp3) is 0.300. The summed E-state index contributed by atoms with van der Waals surface area (Å²) in [5.74, 6) is -0.269. The Morgan fingerprint density at radius 3 is 2.00 bits per heavy atom. The van der Waals surface area contributed by atoms with Crippen molar-refractivity contribution in [1.82, 2.24) is 4.31 Å². The second kappa shape index (κ2) is 9.34. The first-order valence-electron chi connectivity index (χ1n) is 12.4. The van der Waals surface area contributed by atoms with E-state index in [1.165, 1.54) is 0 Å². The number of hydrogen-bond acceptors (Lipinski definition) is 3. The summed E-state index contributed by atoms with van der Waals surface area (Å²) < 4.78 is 28.5. The Kier molecular flexibility index (Phi) is 6.35. The normalized spacial score (nSPS) is 22.4. The monoisotopic (exact) mass is 500 g/mol. The molecule has 3 aromatic rings. The number of nitrogens with zero attached hydrogens (tertiary/aromatic N) is 2. The Morgan fingerprint density at radius 1 is 0.889 bits per heavy atom. The third-order valence-electron chi connectivity index (χ3n) is 7.78. The van der Waals surface area contributed by atoms with Gasteiger partial charge in [0.2, 0.25) is 15.9 Å². The third kappa shape index (κ3) is 4.29. The molecule has 2 atom stereocenters. The smallest absolute Gasteiger partial charge is 0.243 e. The molecule has 0 aromatic heterocycles. The van der Waals surface area contributed by atoms with Gasteiger partial charge in [0.1, 0.15) is 0 Å². The Morgan fingerprint density at radius 2 is 1.44 bits per heavy atom. The van der Waals surface area contributed by atoms with Crippen molar-refractivity contribution in [2.75, 3.05) is 18.0 Å². The van der Waals surface area contributed by atoms with Crippen LogP contribution in [0.4, 0.5) is 11.4 Å². The SMILES string of the molecule is CC1=C2CN(S(=O)(=O)c3ccc(C)cc3)C[C@]2(C)CC[C@@H]1C(=O)N(c1ccccc1)c1ccccc1. The molecule has 1 aliphatic heterocycles. The zero-order chi connectivity index (χ0) is 25.5. The number of rotatable bonds is 5. The van der Waals surface area contributed by atoms with Gasteiger partial charge in [0, 0.05) is 29.9 Å². The summed E-state index contributed by atoms with van der Waals surface area (Å²) >= 11 is 0. The number of benzene rings is 3. The molecule has 0 saturated carbocycles. The fourth-order valence-electron chi connectivity index (χ4n) is 5.68. The van der Waals surface area contributed by atoms with Crippen LogP contribution < -0.4 is 4.90 Å². The van der Waals surface area contributed by atoms with Gasteiger partial charge in [-0.05, 0) is 68.7 Å². The number of carbonyl (C=O) groups excluding carboxylic acids is 1. The molecule has 1 aliphatic carbocycles. The van der Waals surface area contributed by atoms with E-state index in [0.29, 0.717) is 24.4 Å². The van der Waals surface area contributed by atoms with E-state index in [-0.39, 0.29) is 17.2 Å². The maximum absolute atomic E-state index is 14.1. The van der Waals surface area contributed by atoms with Crippen molar-refractivity contribution in [2.24, 2.45) is 11.3 Å². The summed E-state index contributed by atoms with van der Waals surface area (Å²) in [6.07, 6.45) is 1.46. The molecule has 1 saturated heterocycles. The maximum atomic E-state index is 14.1. The van der Waals surface area contributed by atoms with Crippen LogP contribution in [0.3, 0.4) is 0 Å². The van der Waals surface area contributed by atoms with E-state index in [9.17, 15) is 13.2 Å². The maximum Gasteiger partial charge on any atom is 0.243 e. The topological polar surface area (TPSA) is 57.7 Å². The summed E-state index contributed by atoms with van der Waals surface area (Å²) in [7, 11) is -3.61. The Bertz CT molecular complexity index is 1360. The molecule has 1 heterocycles. The number of amides is 1. The minimum Gasteiger partial charge on any atom is -0.281 e. The quantitative estimate of drug-likeness (QED) is 0.398. The largest absolute Gasteiger partial charge is 0.281 e. The second-order valence-corrected chi connectivity index (χ2v) is 12.2. The van der Waals surface area contributed by atoms with Gasteiger partial charge in [0.05, 0.1) is 10.8 Å². The van der Waals surface area contributed by atoms with E-state index >= 15 is 0 Å². The summed E-state index contributed by atoms with van der Waals surface area (Å²) in [5, 5.41) is 0. The summed E-state index contributed by atoms with van der Waals surface area (Å²) in [6.45, 7) is 6.88. The minimum absolute atomic E-state index is 0.0271. The molecule has 0 radical (unpaired) electrons. The van der Waals surface area contributed by atoms with Gasteiger partial charge in [-0.2, -0.15) is 4.31 Å². The highest BCUT2D eigenvalue weighted by Gasteiger charge is 2.48. The number of sulfonamides is 1. The number of carbonyl (C=O) groups is 1. The van der Waals surface area contributed by atoms with Gasteiger partial charge in [-0.25, -0.2) is 8.42 Å². The van der Waals surface area contributed by atoms with Crippen LogP contribution in [0.15, 0.2) is 101 Å². The van der Waals surface area contributed by atoms with Gasteiger partial charge in [0.15, 0.2) is 0 Å². The Labute approximate surface area is 214 Å². The van der Waals surface area contributed by atoms with E-state index in [2.05, 4.69) is 6.92 Å². The predicted molar refractivity (Wildman–Crippen MR) is 143 cm³/mol. The summed E-state index contributed by atoms with van der Waals surface area (Å²) in [6, 6.07) is 26.5. The number of anilines is 2. The van der Waals surface area contributed by atoms with E-state index in [4.69, 9.17) is 0 Å². The molecule has 0 spiro atoms. The lowest BCUT2D eigenvalue weighted by Crippen LogP contribution is -2.38. The van der Waals surface area contributed by atoms with Crippen LogP contribution in [0.25, 0.3) is 0 Å².